The van der Waals surface area contributed by atoms with Gasteiger partial charge in [-0.2, -0.15) is 0 Å². The first kappa shape index (κ1) is 16.0. The van der Waals surface area contributed by atoms with E-state index in [1.54, 1.807) is 42.5 Å². The summed E-state index contributed by atoms with van der Waals surface area (Å²) in [5.74, 6) is -1.99. The molecule has 0 N–H and O–H groups in total. The van der Waals surface area contributed by atoms with Gasteiger partial charge in [-0.15, -0.1) is 0 Å². The van der Waals surface area contributed by atoms with Gasteiger partial charge in [0.1, 0.15) is 0 Å². The summed E-state index contributed by atoms with van der Waals surface area (Å²) in [6.45, 7) is 0. The molecule has 0 aliphatic rings. The van der Waals surface area contributed by atoms with Crippen molar-refractivity contribution in [2.45, 2.75) is 5.79 Å². The standard InChI is InChI=1S/C16H14Cl2O3/c1-20-16(21-2,13-10-12(17)8-9-14(13)18)15(19)11-6-4-3-5-7-11/h3-10H,1-2H3. The Balaban J connectivity index is 2.60. The summed E-state index contributed by atoms with van der Waals surface area (Å²) in [7, 11) is 2.78. The van der Waals surface area contributed by atoms with Crippen molar-refractivity contribution in [2.75, 3.05) is 14.2 Å². The van der Waals surface area contributed by atoms with Crippen molar-refractivity contribution in [3.63, 3.8) is 0 Å². The van der Waals surface area contributed by atoms with Gasteiger partial charge in [0, 0.05) is 35.4 Å². The van der Waals surface area contributed by atoms with E-state index in [2.05, 4.69) is 0 Å². The number of carbonyl (C=O) groups excluding carboxylic acids is 1. The second-order valence-electron chi connectivity index (χ2n) is 4.34. The Labute approximate surface area is 133 Å². The summed E-state index contributed by atoms with van der Waals surface area (Å²) in [4.78, 5) is 12.8. The van der Waals surface area contributed by atoms with Crippen LogP contribution in [0.3, 0.4) is 0 Å². The summed E-state index contributed by atoms with van der Waals surface area (Å²) >= 11 is 12.2. The van der Waals surface area contributed by atoms with Crippen LogP contribution >= 0.6 is 23.2 Å². The zero-order valence-electron chi connectivity index (χ0n) is 11.6. The Hall–Kier alpha value is -1.39. The number of ketones is 1. The number of carbonyl (C=O) groups is 1. The lowest BCUT2D eigenvalue weighted by Gasteiger charge is -2.30. The van der Waals surface area contributed by atoms with E-state index in [-0.39, 0.29) is 5.78 Å². The number of methoxy groups -OCH3 is 2. The fourth-order valence-corrected chi connectivity index (χ4v) is 2.55. The Morgan fingerprint density at radius 1 is 1.00 bits per heavy atom. The maximum Gasteiger partial charge on any atom is 0.262 e. The van der Waals surface area contributed by atoms with Gasteiger partial charge in [-0.1, -0.05) is 53.5 Å². The summed E-state index contributed by atoms with van der Waals surface area (Å²) in [6, 6.07) is 13.5. The molecular formula is C16H14Cl2O3. The largest absolute Gasteiger partial charge is 0.343 e. The van der Waals surface area contributed by atoms with Crippen molar-refractivity contribution in [2.24, 2.45) is 0 Å². The van der Waals surface area contributed by atoms with Gasteiger partial charge in [0.2, 0.25) is 5.78 Å². The lowest BCUT2D eigenvalue weighted by molar-refractivity contribution is -0.176. The third-order valence-electron chi connectivity index (χ3n) is 3.19. The second kappa shape index (κ2) is 6.58. The molecule has 2 aromatic rings. The van der Waals surface area contributed by atoms with E-state index in [0.29, 0.717) is 21.2 Å². The molecule has 2 rings (SSSR count). The normalized spacial score (nSPS) is 11.4. The van der Waals surface area contributed by atoms with Gasteiger partial charge in [-0.25, -0.2) is 0 Å². The SMILES string of the molecule is COC(OC)(C(=O)c1ccccc1)c1cc(Cl)ccc1Cl. The molecule has 0 radical (unpaired) electrons. The van der Waals surface area contributed by atoms with Crippen LogP contribution < -0.4 is 0 Å². The molecule has 0 heterocycles. The van der Waals surface area contributed by atoms with Gasteiger partial charge in [-0.05, 0) is 18.2 Å². The van der Waals surface area contributed by atoms with Crippen molar-refractivity contribution >= 4 is 29.0 Å². The lowest BCUT2D eigenvalue weighted by Crippen LogP contribution is -2.40. The third-order valence-corrected chi connectivity index (χ3v) is 3.76. The van der Waals surface area contributed by atoms with E-state index in [0.717, 1.165) is 0 Å². The molecule has 0 bridgehead atoms. The molecule has 0 aromatic heterocycles. The average molecular weight is 325 g/mol. The number of hydrogen-bond acceptors (Lipinski definition) is 3. The number of halogens is 2. The zero-order chi connectivity index (χ0) is 15.5. The highest BCUT2D eigenvalue weighted by atomic mass is 35.5. The fourth-order valence-electron chi connectivity index (χ4n) is 2.14. The van der Waals surface area contributed by atoms with Crippen molar-refractivity contribution in [3.8, 4) is 0 Å². The van der Waals surface area contributed by atoms with Gasteiger partial charge in [0.05, 0.1) is 0 Å². The highest BCUT2D eigenvalue weighted by molar-refractivity contribution is 6.34. The second-order valence-corrected chi connectivity index (χ2v) is 5.19. The quantitative estimate of drug-likeness (QED) is 0.607. The molecule has 0 aliphatic heterocycles. The Morgan fingerprint density at radius 3 is 2.19 bits per heavy atom. The number of rotatable bonds is 5. The molecule has 3 nitrogen and oxygen atoms in total. The fraction of sp³-hybridized carbons (Fsp3) is 0.188. The third kappa shape index (κ3) is 2.97. The van der Waals surface area contributed by atoms with Crippen molar-refractivity contribution in [3.05, 3.63) is 69.7 Å². The van der Waals surface area contributed by atoms with Crippen molar-refractivity contribution in [1.82, 2.24) is 0 Å². The highest BCUT2D eigenvalue weighted by Crippen LogP contribution is 2.36. The van der Waals surface area contributed by atoms with Crippen LogP contribution in [0.5, 0.6) is 0 Å². The van der Waals surface area contributed by atoms with Crippen LogP contribution in [-0.2, 0) is 15.3 Å². The molecule has 110 valence electrons. The molecule has 0 aliphatic carbocycles. The van der Waals surface area contributed by atoms with Gasteiger partial charge >= 0.3 is 0 Å². The summed E-state index contributed by atoms with van der Waals surface area (Å²) in [5.41, 5.74) is 0.827. The first-order valence-electron chi connectivity index (χ1n) is 6.21. The van der Waals surface area contributed by atoms with Gasteiger partial charge in [-0.3, -0.25) is 4.79 Å². The van der Waals surface area contributed by atoms with E-state index < -0.39 is 5.79 Å². The van der Waals surface area contributed by atoms with Gasteiger partial charge in [0.25, 0.3) is 5.79 Å². The monoisotopic (exact) mass is 324 g/mol. The van der Waals surface area contributed by atoms with Gasteiger partial charge in [0.15, 0.2) is 0 Å². The number of Topliss-reactive ketones (excluding diaryl/α,β-unsaturated/α-hetero) is 1. The number of ether oxygens (including phenoxy) is 2. The molecule has 2 aromatic carbocycles. The minimum atomic E-state index is -1.64. The minimum Gasteiger partial charge on any atom is -0.343 e. The Morgan fingerprint density at radius 2 is 1.62 bits per heavy atom. The maximum atomic E-state index is 12.8. The highest BCUT2D eigenvalue weighted by Gasteiger charge is 2.43. The predicted octanol–water partition coefficient (Wildman–Crippen LogP) is 4.32. The van der Waals surface area contributed by atoms with Crippen LogP contribution in [-0.4, -0.2) is 20.0 Å². The van der Waals surface area contributed by atoms with E-state index in [4.69, 9.17) is 32.7 Å². The van der Waals surface area contributed by atoms with E-state index in [1.807, 2.05) is 6.07 Å². The first-order valence-corrected chi connectivity index (χ1v) is 6.96. The predicted molar refractivity (Wildman–Crippen MR) is 82.9 cm³/mol. The maximum absolute atomic E-state index is 12.8. The van der Waals surface area contributed by atoms with Crippen LogP contribution in [0.2, 0.25) is 10.0 Å². The lowest BCUT2D eigenvalue weighted by atomic mass is 9.95. The summed E-state index contributed by atoms with van der Waals surface area (Å²) in [5, 5.41) is 0.779. The molecule has 0 saturated carbocycles. The Bertz CT molecular complexity index is 637. The van der Waals surface area contributed by atoms with E-state index in [9.17, 15) is 4.79 Å². The van der Waals surface area contributed by atoms with Crippen LogP contribution in [0, 0.1) is 0 Å². The smallest absolute Gasteiger partial charge is 0.262 e. The molecule has 0 amide bonds. The van der Waals surface area contributed by atoms with E-state index >= 15 is 0 Å². The minimum absolute atomic E-state index is 0.340. The van der Waals surface area contributed by atoms with Crippen molar-refractivity contribution < 1.29 is 14.3 Å². The zero-order valence-corrected chi connectivity index (χ0v) is 13.1. The summed E-state index contributed by atoms with van der Waals surface area (Å²) in [6.07, 6.45) is 0. The number of benzene rings is 2. The number of hydrogen-bond donors (Lipinski definition) is 0. The molecule has 0 atom stereocenters. The molecule has 0 spiro atoms. The molecule has 5 heteroatoms. The van der Waals surface area contributed by atoms with Crippen LogP contribution in [0.1, 0.15) is 15.9 Å². The summed E-state index contributed by atoms with van der Waals surface area (Å²) < 4.78 is 10.8. The molecule has 0 saturated heterocycles. The van der Waals surface area contributed by atoms with Gasteiger partial charge < -0.3 is 9.47 Å². The van der Waals surface area contributed by atoms with Crippen molar-refractivity contribution in [1.29, 1.82) is 0 Å². The van der Waals surface area contributed by atoms with Crippen LogP contribution in [0.4, 0.5) is 0 Å². The topological polar surface area (TPSA) is 35.5 Å². The first-order chi connectivity index (χ1) is 10.0. The molecule has 0 fully saturated rings. The average Bonchev–Trinajstić information content (AvgIpc) is 2.53. The Kier molecular flexibility index (Phi) is 5.01. The van der Waals surface area contributed by atoms with Crippen LogP contribution in [0.25, 0.3) is 0 Å². The van der Waals surface area contributed by atoms with Crippen LogP contribution in [0.15, 0.2) is 48.5 Å². The van der Waals surface area contributed by atoms with E-state index in [1.165, 1.54) is 14.2 Å². The molecule has 21 heavy (non-hydrogen) atoms. The molecule has 0 unspecified atom stereocenters. The molecular weight excluding hydrogens is 311 g/mol.